The Balaban J connectivity index is 2.40. The molecular formula is C12H11FN6O2. The predicted octanol–water partition coefficient (Wildman–Crippen LogP) is 1.67. The summed E-state index contributed by atoms with van der Waals surface area (Å²) >= 11 is 0. The minimum absolute atomic E-state index is 0.0176. The van der Waals surface area contributed by atoms with Crippen molar-refractivity contribution in [3.8, 4) is 18.1 Å². The highest BCUT2D eigenvalue weighted by Crippen LogP contribution is 2.36. The number of azide groups is 1. The molecule has 21 heavy (non-hydrogen) atoms. The third-order valence-corrected chi connectivity index (χ3v) is 2.70. The highest BCUT2D eigenvalue weighted by Gasteiger charge is 2.27. The van der Waals surface area contributed by atoms with Crippen molar-refractivity contribution in [3.05, 3.63) is 28.4 Å². The number of nitrogens with one attached hydrogen (secondary N) is 1. The average molecular weight is 290 g/mol. The summed E-state index contributed by atoms with van der Waals surface area (Å²) in [4.78, 5) is 15.7. The summed E-state index contributed by atoms with van der Waals surface area (Å²) < 4.78 is 19.1. The van der Waals surface area contributed by atoms with E-state index in [1.807, 2.05) is 0 Å². The predicted molar refractivity (Wildman–Crippen MR) is 73.6 cm³/mol. The molecule has 1 aliphatic rings. The number of carbonyl (C=O) groups excluding carboxylic acids is 1. The second-order valence-corrected chi connectivity index (χ2v) is 4.09. The van der Waals surface area contributed by atoms with Crippen LogP contribution in [0.2, 0.25) is 0 Å². The Labute approximate surface area is 119 Å². The maximum absolute atomic E-state index is 13.9. The number of halogens is 1. The smallest absolute Gasteiger partial charge is 0.265 e. The van der Waals surface area contributed by atoms with E-state index in [4.69, 9.17) is 16.7 Å². The summed E-state index contributed by atoms with van der Waals surface area (Å²) in [6, 6.07) is 2.50. The molecule has 1 N–H and O–H groups in total. The Hall–Kier alpha value is -3.11. The van der Waals surface area contributed by atoms with E-state index in [2.05, 4.69) is 21.5 Å². The lowest BCUT2D eigenvalue weighted by atomic mass is 10.2. The molecule has 9 heteroatoms. The standard InChI is InChI=1S/C12H11FN6O2/c1-3-4-19-10-6-9(15-18(2)17-16-14)8(13)5-11(10)21-7-12(19)20/h1,5-6,15H,4,7H2,2H3. The van der Waals surface area contributed by atoms with Crippen molar-refractivity contribution in [3.63, 3.8) is 0 Å². The van der Waals surface area contributed by atoms with Crippen LogP contribution in [0.4, 0.5) is 15.8 Å². The summed E-state index contributed by atoms with van der Waals surface area (Å²) in [5.41, 5.74) is 11.2. The van der Waals surface area contributed by atoms with Crippen molar-refractivity contribution in [2.24, 2.45) is 5.22 Å². The Morgan fingerprint density at radius 2 is 2.48 bits per heavy atom. The minimum atomic E-state index is -0.622. The quantitative estimate of drug-likeness (QED) is 0.300. The van der Waals surface area contributed by atoms with E-state index >= 15 is 0 Å². The number of benzene rings is 1. The van der Waals surface area contributed by atoms with Crippen molar-refractivity contribution in [2.45, 2.75) is 0 Å². The second kappa shape index (κ2) is 5.90. The van der Waals surface area contributed by atoms with E-state index in [-0.39, 0.29) is 30.5 Å². The first-order valence-electron chi connectivity index (χ1n) is 5.82. The maximum atomic E-state index is 13.9. The molecule has 0 aromatic heterocycles. The first-order chi connectivity index (χ1) is 10.1. The number of terminal acetylenes is 1. The zero-order valence-electron chi connectivity index (χ0n) is 11.1. The molecule has 1 heterocycles. The van der Waals surface area contributed by atoms with E-state index < -0.39 is 5.82 Å². The molecule has 8 nitrogen and oxygen atoms in total. The Morgan fingerprint density at radius 3 is 3.14 bits per heavy atom. The fourth-order valence-electron chi connectivity index (χ4n) is 1.83. The van der Waals surface area contributed by atoms with Gasteiger partial charge in [-0.25, -0.2) is 9.82 Å². The van der Waals surface area contributed by atoms with Gasteiger partial charge in [0.1, 0.15) is 18.5 Å². The van der Waals surface area contributed by atoms with Crippen molar-refractivity contribution >= 4 is 17.3 Å². The van der Waals surface area contributed by atoms with E-state index in [1.54, 1.807) is 0 Å². The molecule has 0 radical (unpaired) electrons. The average Bonchev–Trinajstić information content (AvgIpc) is 2.44. The number of nitrogens with zero attached hydrogens (tertiary/aromatic N) is 5. The van der Waals surface area contributed by atoms with Crippen molar-refractivity contribution in [2.75, 3.05) is 30.5 Å². The van der Waals surface area contributed by atoms with Gasteiger partial charge in [-0.2, -0.15) is 4.91 Å². The van der Waals surface area contributed by atoms with Gasteiger partial charge in [0.05, 0.1) is 12.2 Å². The van der Waals surface area contributed by atoms with E-state index in [0.29, 0.717) is 5.69 Å². The van der Waals surface area contributed by atoms with Crippen molar-refractivity contribution in [1.29, 1.82) is 0 Å². The van der Waals surface area contributed by atoms with Gasteiger partial charge in [-0.3, -0.25) is 9.69 Å². The number of anilines is 2. The van der Waals surface area contributed by atoms with Crippen LogP contribution in [0.5, 0.6) is 5.75 Å². The number of hydrogen-bond acceptors (Lipinski definition) is 4. The molecule has 0 unspecified atom stereocenters. The lowest BCUT2D eigenvalue weighted by Crippen LogP contribution is -2.39. The maximum Gasteiger partial charge on any atom is 0.265 e. The summed E-state index contributed by atoms with van der Waals surface area (Å²) in [6.45, 7) is -0.147. The van der Waals surface area contributed by atoms with E-state index in [9.17, 15) is 9.18 Å². The summed E-state index contributed by atoms with van der Waals surface area (Å²) in [6.07, 6.45) is 5.23. The summed E-state index contributed by atoms with van der Waals surface area (Å²) in [7, 11) is 1.40. The zero-order valence-corrected chi connectivity index (χ0v) is 11.1. The number of carbonyl (C=O) groups is 1. The summed E-state index contributed by atoms with van der Waals surface area (Å²) in [5, 5.41) is 4.22. The molecule has 1 aliphatic heterocycles. The van der Waals surface area contributed by atoms with Gasteiger partial charge in [-0.05, 0) is 6.07 Å². The molecule has 2 rings (SSSR count). The van der Waals surface area contributed by atoms with Crippen LogP contribution in [-0.2, 0) is 4.79 Å². The van der Waals surface area contributed by atoms with Gasteiger partial charge in [0.15, 0.2) is 12.4 Å². The molecule has 0 bridgehead atoms. The van der Waals surface area contributed by atoms with E-state index in [1.165, 1.54) is 18.0 Å². The lowest BCUT2D eigenvalue weighted by Gasteiger charge is -2.28. The zero-order chi connectivity index (χ0) is 15.4. The van der Waals surface area contributed by atoms with Crippen LogP contribution in [-0.4, -0.2) is 31.2 Å². The van der Waals surface area contributed by atoms with E-state index in [0.717, 1.165) is 11.2 Å². The van der Waals surface area contributed by atoms with Gasteiger partial charge in [0, 0.05) is 11.3 Å². The Kier molecular flexibility index (Phi) is 4.02. The van der Waals surface area contributed by atoms with Crippen LogP contribution in [0.25, 0.3) is 10.4 Å². The molecule has 0 atom stereocenters. The van der Waals surface area contributed by atoms with Crippen LogP contribution in [0.1, 0.15) is 0 Å². The van der Waals surface area contributed by atoms with Gasteiger partial charge in [0.2, 0.25) is 0 Å². The number of hydrazine groups is 1. The number of hydrogen-bond donors (Lipinski definition) is 1. The highest BCUT2D eigenvalue weighted by molar-refractivity contribution is 5.98. The monoisotopic (exact) mass is 290 g/mol. The molecule has 0 saturated carbocycles. The van der Waals surface area contributed by atoms with Gasteiger partial charge in [-0.15, -0.1) is 17.1 Å². The van der Waals surface area contributed by atoms with Crippen LogP contribution in [0.15, 0.2) is 17.4 Å². The molecule has 0 fully saturated rings. The normalized spacial score (nSPS) is 12.6. The highest BCUT2D eigenvalue weighted by atomic mass is 19.1. The second-order valence-electron chi connectivity index (χ2n) is 4.09. The lowest BCUT2D eigenvalue weighted by molar-refractivity contribution is -0.121. The molecule has 0 spiro atoms. The molecule has 108 valence electrons. The first kappa shape index (κ1) is 14.3. The summed E-state index contributed by atoms with van der Waals surface area (Å²) in [5.74, 6) is 1.64. The fourth-order valence-corrected chi connectivity index (χ4v) is 1.83. The number of amides is 1. The first-order valence-corrected chi connectivity index (χ1v) is 5.82. The van der Waals surface area contributed by atoms with Crippen molar-refractivity contribution < 1.29 is 13.9 Å². The van der Waals surface area contributed by atoms with Gasteiger partial charge in [0.25, 0.3) is 5.91 Å². The molecule has 0 saturated heterocycles. The molecule has 1 aromatic rings. The molecule has 1 amide bonds. The fraction of sp³-hybridized carbons (Fsp3) is 0.250. The topological polar surface area (TPSA) is 93.6 Å². The van der Waals surface area contributed by atoms with Crippen LogP contribution in [0.3, 0.4) is 0 Å². The van der Waals surface area contributed by atoms with Gasteiger partial charge < -0.3 is 4.74 Å². The Bertz CT molecular complexity index is 664. The van der Waals surface area contributed by atoms with Crippen molar-refractivity contribution in [1.82, 2.24) is 5.12 Å². The molecular weight excluding hydrogens is 279 g/mol. The van der Waals surface area contributed by atoms with Crippen LogP contribution in [0, 0.1) is 18.2 Å². The van der Waals surface area contributed by atoms with Gasteiger partial charge >= 0.3 is 0 Å². The minimum Gasteiger partial charge on any atom is -0.481 e. The molecule has 1 aromatic carbocycles. The van der Waals surface area contributed by atoms with Crippen LogP contribution >= 0.6 is 0 Å². The third kappa shape index (κ3) is 2.91. The third-order valence-electron chi connectivity index (χ3n) is 2.70. The number of fused-ring (bicyclic) bond motifs is 1. The largest absolute Gasteiger partial charge is 0.481 e. The Morgan fingerprint density at radius 1 is 1.71 bits per heavy atom. The number of ether oxygens (including phenoxy) is 1. The molecule has 0 aliphatic carbocycles. The van der Waals surface area contributed by atoms with Gasteiger partial charge in [-0.1, -0.05) is 5.92 Å². The van der Waals surface area contributed by atoms with Crippen LogP contribution < -0.4 is 15.1 Å². The SMILES string of the molecule is C#CCN1C(=O)COc2cc(F)c(NN(C)N=[N+]=[N-])cc21. The number of rotatable bonds is 4.